The third kappa shape index (κ3) is 2.39. The first kappa shape index (κ1) is 14.3. The van der Waals surface area contributed by atoms with Crippen molar-refractivity contribution in [1.82, 2.24) is 0 Å². The van der Waals surface area contributed by atoms with Gasteiger partial charge in [0.15, 0.2) is 0 Å². The van der Waals surface area contributed by atoms with Crippen molar-refractivity contribution in [1.29, 1.82) is 0 Å². The third-order valence-corrected chi connectivity index (χ3v) is 3.58. The van der Waals surface area contributed by atoms with Crippen LogP contribution in [0.1, 0.15) is 20.3 Å². The molecule has 3 unspecified atom stereocenters. The molecule has 0 amide bonds. The van der Waals surface area contributed by atoms with Crippen molar-refractivity contribution in [3.63, 3.8) is 0 Å². The van der Waals surface area contributed by atoms with Crippen LogP contribution in [0.5, 0.6) is 0 Å². The van der Waals surface area contributed by atoms with E-state index in [4.69, 9.17) is 9.84 Å². The fourth-order valence-electron chi connectivity index (χ4n) is 2.21. The van der Waals surface area contributed by atoms with Crippen LogP contribution in [0.4, 0.5) is 0 Å². The van der Waals surface area contributed by atoms with Crippen LogP contribution in [0, 0.1) is 17.3 Å². The van der Waals surface area contributed by atoms with E-state index in [9.17, 15) is 14.7 Å². The van der Waals surface area contributed by atoms with Crippen LogP contribution in [0.2, 0.25) is 0 Å². The largest absolute Gasteiger partial charge is 0.497 e. The van der Waals surface area contributed by atoms with Gasteiger partial charge < -0.3 is 14.9 Å². The summed E-state index contributed by atoms with van der Waals surface area (Å²) in [5.74, 6) is -2.63. The Morgan fingerprint density at radius 2 is 2.06 bits per heavy atom. The van der Waals surface area contributed by atoms with Crippen molar-refractivity contribution in [2.24, 2.45) is 17.3 Å². The summed E-state index contributed by atoms with van der Waals surface area (Å²) in [5.41, 5.74) is -1.17. The lowest BCUT2D eigenvalue weighted by molar-refractivity contribution is -0.150. The monoisotopic (exact) mass is 254 g/mol. The molecule has 0 saturated heterocycles. The van der Waals surface area contributed by atoms with E-state index in [-0.39, 0.29) is 12.3 Å². The molecule has 5 heteroatoms. The number of hydrogen-bond acceptors (Lipinski definition) is 3. The highest BCUT2D eigenvalue weighted by Gasteiger charge is 2.66. The van der Waals surface area contributed by atoms with E-state index in [0.717, 1.165) is 0 Å². The van der Waals surface area contributed by atoms with Gasteiger partial charge in [0.2, 0.25) is 0 Å². The van der Waals surface area contributed by atoms with Crippen molar-refractivity contribution in [2.45, 2.75) is 20.3 Å². The van der Waals surface area contributed by atoms with Crippen molar-refractivity contribution < 1.29 is 24.5 Å². The van der Waals surface area contributed by atoms with E-state index in [1.165, 1.54) is 7.11 Å². The summed E-state index contributed by atoms with van der Waals surface area (Å²) in [5, 5.41) is 18.2. The molecule has 0 aromatic carbocycles. The second kappa shape index (κ2) is 5.25. The lowest BCUT2D eigenvalue weighted by Crippen LogP contribution is -2.27. The molecule has 0 radical (unpaired) electrons. The average Bonchev–Trinajstić information content (AvgIpc) is 3.06. The summed E-state index contributed by atoms with van der Waals surface area (Å²) in [4.78, 5) is 22.2. The Morgan fingerprint density at radius 3 is 2.39 bits per heavy atom. The van der Waals surface area contributed by atoms with Crippen LogP contribution in [-0.4, -0.2) is 29.3 Å². The summed E-state index contributed by atoms with van der Waals surface area (Å²) in [6.45, 7) is 3.52. The topological polar surface area (TPSA) is 83.8 Å². The highest BCUT2D eigenvalue weighted by molar-refractivity contribution is 5.89. The predicted octanol–water partition coefficient (Wildman–Crippen LogP) is 1.90. The molecular weight excluding hydrogens is 236 g/mol. The number of allylic oxidation sites excluding steroid dienone is 3. The van der Waals surface area contributed by atoms with Gasteiger partial charge in [0.05, 0.1) is 18.4 Å². The smallest absolute Gasteiger partial charge is 0.311 e. The number of carboxylic acid groups (broad SMARTS) is 2. The fourth-order valence-corrected chi connectivity index (χ4v) is 2.21. The number of methoxy groups -OCH3 is 1. The highest BCUT2D eigenvalue weighted by Crippen LogP contribution is 2.58. The Morgan fingerprint density at radius 1 is 1.44 bits per heavy atom. The second-order valence-electron chi connectivity index (χ2n) is 4.48. The van der Waals surface area contributed by atoms with Gasteiger partial charge in [-0.1, -0.05) is 13.0 Å². The molecule has 1 saturated carbocycles. The van der Waals surface area contributed by atoms with Crippen molar-refractivity contribution in [3.05, 3.63) is 24.0 Å². The first-order valence-corrected chi connectivity index (χ1v) is 5.74. The summed E-state index contributed by atoms with van der Waals surface area (Å²) in [6, 6.07) is 0. The first-order chi connectivity index (χ1) is 8.40. The maximum absolute atomic E-state index is 11.3. The van der Waals surface area contributed by atoms with Gasteiger partial charge in [-0.15, -0.1) is 0 Å². The molecule has 0 heterocycles. The normalized spacial score (nSPS) is 29.1. The van der Waals surface area contributed by atoms with E-state index in [1.807, 2.05) is 0 Å². The molecule has 1 aliphatic carbocycles. The molecule has 1 fully saturated rings. The van der Waals surface area contributed by atoms with E-state index in [1.54, 1.807) is 32.1 Å². The van der Waals surface area contributed by atoms with Gasteiger partial charge in [0.25, 0.3) is 0 Å². The van der Waals surface area contributed by atoms with Crippen LogP contribution >= 0.6 is 0 Å². The lowest BCUT2D eigenvalue weighted by Gasteiger charge is -2.16. The summed E-state index contributed by atoms with van der Waals surface area (Å²) >= 11 is 0. The lowest BCUT2D eigenvalue weighted by atomic mass is 9.87. The Hall–Kier alpha value is -1.78. The molecule has 5 nitrogen and oxygen atoms in total. The molecule has 18 heavy (non-hydrogen) atoms. The first-order valence-electron chi connectivity index (χ1n) is 5.74. The van der Waals surface area contributed by atoms with Crippen LogP contribution in [0.15, 0.2) is 24.0 Å². The SMILES string of the molecule is C/C=C(\C=C/C(C)C1(C(=O)O)CC1C(=O)O)OC. The summed E-state index contributed by atoms with van der Waals surface area (Å²) < 4.78 is 5.03. The number of carbonyl (C=O) groups is 2. The number of carboxylic acids is 2. The highest BCUT2D eigenvalue weighted by atomic mass is 16.5. The Bertz CT molecular complexity index is 410. The number of aliphatic carboxylic acids is 2. The Kier molecular flexibility index (Phi) is 4.16. The maximum Gasteiger partial charge on any atom is 0.311 e. The molecule has 100 valence electrons. The quantitative estimate of drug-likeness (QED) is 0.558. The van der Waals surface area contributed by atoms with Crippen molar-refractivity contribution in [2.75, 3.05) is 7.11 Å². The van der Waals surface area contributed by atoms with Crippen LogP contribution in [0.25, 0.3) is 0 Å². The van der Waals surface area contributed by atoms with E-state index >= 15 is 0 Å². The van der Waals surface area contributed by atoms with Gasteiger partial charge in [-0.05, 0) is 31.4 Å². The fraction of sp³-hybridized carbons (Fsp3) is 0.538. The molecule has 1 rings (SSSR count). The molecule has 2 N–H and O–H groups in total. The number of ether oxygens (including phenoxy) is 1. The van der Waals surface area contributed by atoms with E-state index in [0.29, 0.717) is 5.76 Å². The van der Waals surface area contributed by atoms with Crippen molar-refractivity contribution in [3.8, 4) is 0 Å². The average molecular weight is 254 g/mol. The van der Waals surface area contributed by atoms with Gasteiger partial charge in [-0.3, -0.25) is 9.59 Å². The van der Waals surface area contributed by atoms with Gasteiger partial charge in [0, 0.05) is 0 Å². The summed E-state index contributed by atoms with van der Waals surface area (Å²) in [7, 11) is 1.52. The minimum Gasteiger partial charge on any atom is -0.497 e. The maximum atomic E-state index is 11.3. The molecular formula is C13H18O5. The van der Waals surface area contributed by atoms with Gasteiger partial charge in [0.1, 0.15) is 5.76 Å². The van der Waals surface area contributed by atoms with Gasteiger partial charge >= 0.3 is 11.9 Å². The minimum absolute atomic E-state index is 0.182. The van der Waals surface area contributed by atoms with Gasteiger partial charge in [-0.25, -0.2) is 0 Å². The van der Waals surface area contributed by atoms with E-state index < -0.39 is 23.3 Å². The van der Waals surface area contributed by atoms with Crippen molar-refractivity contribution >= 4 is 11.9 Å². The van der Waals surface area contributed by atoms with Crippen LogP contribution in [-0.2, 0) is 14.3 Å². The standard InChI is InChI=1S/C13H18O5/c1-4-9(18-3)6-5-8(2)13(12(16)17)7-10(13)11(14)15/h4-6,8,10H,7H2,1-3H3,(H,14,15)(H,16,17)/b6-5-,9-4+. The second-order valence-corrected chi connectivity index (χ2v) is 4.48. The molecule has 0 aromatic rings. The zero-order chi connectivity index (χ0) is 13.9. The molecule has 0 spiro atoms. The molecule has 0 aromatic heterocycles. The van der Waals surface area contributed by atoms with Crippen LogP contribution < -0.4 is 0 Å². The third-order valence-electron chi connectivity index (χ3n) is 3.58. The molecule has 0 aliphatic heterocycles. The van der Waals surface area contributed by atoms with Gasteiger partial charge in [-0.2, -0.15) is 0 Å². The molecule has 1 aliphatic rings. The number of hydrogen-bond donors (Lipinski definition) is 2. The van der Waals surface area contributed by atoms with E-state index in [2.05, 4.69) is 0 Å². The Labute approximate surface area is 106 Å². The Balaban J connectivity index is 2.85. The van der Waals surface area contributed by atoms with Crippen LogP contribution in [0.3, 0.4) is 0 Å². The number of rotatable bonds is 6. The molecule has 3 atom stereocenters. The summed E-state index contributed by atoms with van der Waals surface area (Å²) in [6.07, 6.45) is 5.29. The molecule has 0 bridgehead atoms. The predicted molar refractivity (Wildman–Crippen MR) is 64.9 cm³/mol. The zero-order valence-electron chi connectivity index (χ0n) is 10.7. The zero-order valence-corrected chi connectivity index (χ0v) is 10.7. The minimum atomic E-state index is -1.17.